The first-order valence-electron chi connectivity index (χ1n) is 5.46. The Bertz CT molecular complexity index is 384. The number of carboxylic acid groups (broad SMARTS) is 1. The van der Waals surface area contributed by atoms with Crippen LogP contribution in [0.5, 0.6) is 0 Å². The van der Waals surface area contributed by atoms with E-state index in [-0.39, 0.29) is 5.41 Å². The summed E-state index contributed by atoms with van der Waals surface area (Å²) >= 11 is 0. The van der Waals surface area contributed by atoms with Crippen LogP contribution in [0.2, 0.25) is 0 Å². The molecule has 0 heterocycles. The number of carbonyl (C=O) groups is 1. The fraction of sp³-hybridized carbons (Fsp3) is 0.462. The Labute approximate surface area is 101 Å². The maximum atomic E-state index is 10.7. The van der Waals surface area contributed by atoms with Crippen LogP contribution in [0.3, 0.4) is 0 Å². The molecular weight excluding hydrogens is 218 g/mol. The molecule has 4 nitrogen and oxygen atoms in total. The van der Waals surface area contributed by atoms with Gasteiger partial charge in [-0.15, -0.1) is 0 Å². The molecule has 0 spiro atoms. The third kappa shape index (κ3) is 3.28. The van der Waals surface area contributed by atoms with Crippen molar-refractivity contribution in [3.63, 3.8) is 0 Å². The van der Waals surface area contributed by atoms with Crippen molar-refractivity contribution in [1.82, 2.24) is 0 Å². The second kappa shape index (κ2) is 5.29. The number of nitrogens with two attached hydrogens (primary N) is 1. The van der Waals surface area contributed by atoms with E-state index in [4.69, 9.17) is 15.6 Å². The van der Waals surface area contributed by atoms with Crippen molar-refractivity contribution in [2.45, 2.75) is 25.3 Å². The molecule has 0 amide bonds. The summed E-state index contributed by atoms with van der Waals surface area (Å²) in [6, 6.07) is 6.35. The van der Waals surface area contributed by atoms with Crippen LogP contribution in [0.15, 0.2) is 24.3 Å². The largest absolute Gasteiger partial charge is 0.480 e. The molecule has 0 aliphatic heterocycles. The lowest BCUT2D eigenvalue weighted by molar-refractivity contribution is -0.138. The molecule has 0 saturated carbocycles. The summed E-state index contributed by atoms with van der Waals surface area (Å²) in [7, 11) is 1.66. The quantitative estimate of drug-likeness (QED) is 0.817. The summed E-state index contributed by atoms with van der Waals surface area (Å²) in [6.45, 7) is 4.75. The summed E-state index contributed by atoms with van der Waals surface area (Å²) in [6.07, 6.45) is 0. The van der Waals surface area contributed by atoms with Gasteiger partial charge in [0.05, 0.1) is 6.61 Å². The standard InChI is InChI=1S/C13H19NO3/c1-13(2,8-17-3)10-6-4-9(5-7-10)11(14)12(15)16/h4-7,11H,8,14H2,1-3H3,(H,15,16). The topological polar surface area (TPSA) is 72.5 Å². The molecule has 0 fully saturated rings. The number of methoxy groups -OCH3 is 1. The van der Waals surface area contributed by atoms with E-state index in [1.807, 2.05) is 12.1 Å². The normalized spacial score (nSPS) is 13.4. The van der Waals surface area contributed by atoms with Crippen LogP contribution in [0.4, 0.5) is 0 Å². The molecular formula is C13H19NO3. The van der Waals surface area contributed by atoms with Gasteiger partial charge in [0.1, 0.15) is 6.04 Å². The molecule has 94 valence electrons. The second-order valence-electron chi connectivity index (χ2n) is 4.75. The summed E-state index contributed by atoms with van der Waals surface area (Å²) in [5.74, 6) is -1.02. The van der Waals surface area contributed by atoms with Gasteiger partial charge in [0.15, 0.2) is 0 Å². The molecule has 1 unspecified atom stereocenters. The van der Waals surface area contributed by atoms with Crippen molar-refractivity contribution in [2.24, 2.45) is 5.73 Å². The third-order valence-corrected chi connectivity index (χ3v) is 2.82. The Balaban J connectivity index is 2.91. The molecule has 1 rings (SSSR count). The van der Waals surface area contributed by atoms with E-state index < -0.39 is 12.0 Å². The first kappa shape index (κ1) is 13.7. The number of rotatable bonds is 5. The molecule has 0 aromatic heterocycles. The van der Waals surface area contributed by atoms with Crippen LogP contribution in [0.25, 0.3) is 0 Å². The highest BCUT2D eigenvalue weighted by Crippen LogP contribution is 2.24. The van der Waals surface area contributed by atoms with Crippen molar-refractivity contribution >= 4 is 5.97 Å². The van der Waals surface area contributed by atoms with Gasteiger partial charge in [-0.05, 0) is 11.1 Å². The van der Waals surface area contributed by atoms with E-state index in [9.17, 15) is 4.79 Å². The summed E-state index contributed by atoms with van der Waals surface area (Å²) in [4.78, 5) is 10.7. The van der Waals surface area contributed by atoms with Gasteiger partial charge >= 0.3 is 5.97 Å². The van der Waals surface area contributed by atoms with Crippen molar-refractivity contribution in [1.29, 1.82) is 0 Å². The highest BCUT2D eigenvalue weighted by molar-refractivity contribution is 5.75. The highest BCUT2D eigenvalue weighted by Gasteiger charge is 2.21. The molecule has 0 radical (unpaired) electrons. The van der Waals surface area contributed by atoms with Crippen LogP contribution >= 0.6 is 0 Å². The molecule has 0 aliphatic carbocycles. The predicted molar refractivity (Wildman–Crippen MR) is 65.9 cm³/mol. The maximum Gasteiger partial charge on any atom is 0.325 e. The number of ether oxygens (including phenoxy) is 1. The Morgan fingerprint density at radius 2 is 1.94 bits per heavy atom. The fourth-order valence-electron chi connectivity index (χ4n) is 1.73. The van der Waals surface area contributed by atoms with Crippen molar-refractivity contribution in [3.8, 4) is 0 Å². The number of carboxylic acids is 1. The Kier molecular flexibility index (Phi) is 4.26. The SMILES string of the molecule is COCC(C)(C)c1ccc(C(N)C(=O)O)cc1. The minimum Gasteiger partial charge on any atom is -0.480 e. The second-order valence-corrected chi connectivity index (χ2v) is 4.75. The zero-order chi connectivity index (χ0) is 13.1. The van der Waals surface area contributed by atoms with Crippen LogP contribution in [0, 0.1) is 0 Å². The van der Waals surface area contributed by atoms with Crippen molar-refractivity contribution in [2.75, 3.05) is 13.7 Å². The number of hydrogen-bond donors (Lipinski definition) is 2. The monoisotopic (exact) mass is 237 g/mol. The highest BCUT2D eigenvalue weighted by atomic mass is 16.5. The van der Waals surface area contributed by atoms with Gasteiger partial charge in [0.25, 0.3) is 0 Å². The van der Waals surface area contributed by atoms with Crippen LogP contribution < -0.4 is 5.73 Å². The van der Waals surface area contributed by atoms with Gasteiger partial charge in [-0.2, -0.15) is 0 Å². The van der Waals surface area contributed by atoms with Gasteiger partial charge in [-0.25, -0.2) is 0 Å². The predicted octanol–water partition coefficient (Wildman–Crippen LogP) is 1.70. The smallest absolute Gasteiger partial charge is 0.325 e. The van der Waals surface area contributed by atoms with E-state index >= 15 is 0 Å². The van der Waals surface area contributed by atoms with E-state index in [1.54, 1.807) is 19.2 Å². The zero-order valence-corrected chi connectivity index (χ0v) is 10.4. The van der Waals surface area contributed by atoms with E-state index in [0.29, 0.717) is 12.2 Å². The van der Waals surface area contributed by atoms with Crippen LogP contribution in [-0.4, -0.2) is 24.8 Å². The molecule has 0 saturated heterocycles. The van der Waals surface area contributed by atoms with Gasteiger partial charge in [0.2, 0.25) is 0 Å². The molecule has 1 aromatic rings. The Morgan fingerprint density at radius 3 is 2.35 bits per heavy atom. The summed E-state index contributed by atoms with van der Waals surface area (Å²) in [5.41, 5.74) is 7.14. The molecule has 0 aliphatic rings. The summed E-state index contributed by atoms with van der Waals surface area (Å²) in [5, 5.41) is 8.80. The lowest BCUT2D eigenvalue weighted by atomic mass is 9.85. The van der Waals surface area contributed by atoms with Gasteiger partial charge in [-0.3, -0.25) is 4.79 Å². The number of aliphatic carboxylic acids is 1. The zero-order valence-electron chi connectivity index (χ0n) is 10.4. The van der Waals surface area contributed by atoms with Crippen LogP contribution in [0.1, 0.15) is 31.0 Å². The minimum absolute atomic E-state index is 0.0966. The molecule has 17 heavy (non-hydrogen) atoms. The molecule has 1 aromatic carbocycles. The molecule has 0 bridgehead atoms. The third-order valence-electron chi connectivity index (χ3n) is 2.82. The number of benzene rings is 1. The Hall–Kier alpha value is -1.39. The minimum atomic E-state index is -1.02. The first-order valence-corrected chi connectivity index (χ1v) is 5.46. The van der Waals surface area contributed by atoms with Crippen molar-refractivity contribution in [3.05, 3.63) is 35.4 Å². The summed E-state index contributed by atoms with van der Waals surface area (Å²) < 4.78 is 5.16. The van der Waals surface area contributed by atoms with E-state index in [0.717, 1.165) is 5.56 Å². The average Bonchev–Trinajstić information content (AvgIpc) is 2.28. The molecule has 3 N–H and O–H groups in total. The van der Waals surface area contributed by atoms with Crippen molar-refractivity contribution < 1.29 is 14.6 Å². The van der Waals surface area contributed by atoms with E-state index in [2.05, 4.69) is 13.8 Å². The lowest BCUT2D eigenvalue weighted by Crippen LogP contribution is -2.24. The first-order chi connectivity index (χ1) is 7.88. The molecule has 1 atom stereocenters. The average molecular weight is 237 g/mol. The van der Waals surface area contributed by atoms with Gasteiger partial charge in [-0.1, -0.05) is 38.1 Å². The Morgan fingerprint density at radius 1 is 1.41 bits per heavy atom. The number of hydrogen-bond acceptors (Lipinski definition) is 3. The lowest BCUT2D eigenvalue weighted by Gasteiger charge is -2.24. The van der Waals surface area contributed by atoms with Gasteiger partial charge < -0.3 is 15.6 Å². The van der Waals surface area contributed by atoms with E-state index in [1.165, 1.54) is 0 Å². The molecule has 4 heteroatoms. The van der Waals surface area contributed by atoms with Gasteiger partial charge in [0, 0.05) is 12.5 Å². The van der Waals surface area contributed by atoms with Crippen LogP contribution in [-0.2, 0) is 14.9 Å². The fourth-order valence-corrected chi connectivity index (χ4v) is 1.73. The maximum absolute atomic E-state index is 10.7.